The van der Waals surface area contributed by atoms with Crippen LogP contribution >= 0.6 is 0 Å². The first kappa shape index (κ1) is 7.88. The van der Waals surface area contributed by atoms with Gasteiger partial charge in [-0.2, -0.15) is 0 Å². The Kier molecular flexibility index (Phi) is 3.77. The van der Waals surface area contributed by atoms with Gasteiger partial charge in [0.1, 0.15) is 6.23 Å². The quantitative estimate of drug-likeness (QED) is 0.418. The van der Waals surface area contributed by atoms with Gasteiger partial charge in [-0.15, -0.1) is 0 Å². The fourth-order valence-corrected chi connectivity index (χ4v) is 0.340. The molecule has 0 aliphatic carbocycles. The molecule has 0 bridgehead atoms. The van der Waals surface area contributed by atoms with Gasteiger partial charge in [-0.25, -0.2) is 5.01 Å². The van der Waals surface area contributed by atoms with Crippen molar-refractivity contribution in [2.75, 3.05) is 21.2 Å². The molecule has 1 atom stereocenters. The molecule has 50 valence electrons. The van der Waals surface area contributed by atoms with Crippen LogP contribution in [0.1, 0.15) is 6.92 Å². The largest absolute Gasteiger partial charge is 0.365 e. The minimum Gasteiger partial charge on any atom is -0.365 e. The molecule has 8 heavy (non-hydrogen) atoms. The molecule has 3 nitrogen and oxygen atoms in total. The Labute approximate surface area is 50.6 Å². The molecule has 0 aliphatic rings. The molecule has 0 spiro atoms. The van der Waals surface area contributed by atoms with E-state index in [2.05, 4.69) is 5.43 Å². The van der Waals surface area contributed by atoms with Gasteiger partial charge in [0.2, 0.25) is 0 Å². The third-order valence-electron chi connectivity index (χ3n) is 1.24. The van der Waals surface area contributed by atoms with Crippen LogP contribution in [0.2, 0.25) is 0 Å². The molecule has 0 aromatic rings. The Morgan fingerprint density at radius 3 is 2.25 bits per heavy atom. The van der Waals surface area contributed by atoms with Gasteiger partial charge in [0.05, 0.1) is 0 Å². The number of nitrogens with zero attached hydrogens (tertiary/aromatic N) is 1. The Morgan fingerprint density at radius 2 is 2.12 bits per heavy atom. The molecular formula is C5H14N2O. The van der Waals surface area contributed by atoms with Crippen molar-refractivity contribution in [2.45, 2.75) is 13.2 Å². The highest BCUT2D eigenvalue weighted by atomic mass is 16.5. The normalized spacial score (nSPS) is 14.6. The molecule has 0 saturated heterocycles. The summed E-state index contributed by atoms with van der Waals surface area (Å²) in [5.74, 6) is 0. The summed E-state index contributed by atoms with van der Waals surface area (Å²) in [6.45, 7) is 1.97. The van der Waals surface area contributed by atoms with Crippen molar-refractivity contribution in [3.05, 3.63) is 0 Å². The molecule has 0 rings (SSSR count). The van der Waals surface area contributed by atoms with E-state index in [0.717, 1.165) is 0 Å². The number of nitrogens with one attached hydrogen (secondary N) is 1. The van der Waals surface area contributed by atoms with Crippen molar-refractivity contribution >= 4 is 0 Å². The Bertz CT molecular complexity index is 50.4. The molecule has 1 N–H and O–H groups in total. The van der Waals surface area contributed by atoms with E-state index in [1.54, 1.807) is 7.11 Å². The molecule has 0 aromatic heterocycles. The third kappa shape index (κ3) is 2.26. The predicted octanol–water partition coefficient (Wildman–Crippen LogP) is 0.0450. The second kappa shape index (κ2) is 3.83. The zero-order valence-electron chi connectivity index (χ0n) is 5.93. The summed E-state index contributed by atoms with van der Waals surface area (Å²) in [5.41, 5.74) is 2.92. The lowest BCUT2D eigenvalue weighted by Gasteiger charge is -2.21. The molecule has 0 aromatic carbocycles. The van der Waals surface area contributed by atoms with Gasteiger partial charge in [-0.1, -0.05) is 0 Å². The van der Waals surface area contributed by atoms with E-state index in [0.29, 0.717) is 0 Å². The lowest BCUT2D eigenvalue weighted by molar-refractivity contribution is -0.0271. The van der Waals surface area contributed by atoms with E-state index in [1.807, 2.05) is 26.0 Å². The second-order valence-electron chi connectivity index (χ2n) is 1.67. The summed E-state index contributed by atoms with van der Waals surface area (Å²) in [6.07, 6.45) is 0.139. The zero-order chi connectivity index (χ0) is 6.57. The summed E-state index contributed by atoms with van der Waals surface area (Å²) in [6, 6.07) is 0. The first-order valence-electron chi connectivity index (χ1n) is 2.65. The topological polar surface area (TPSA) is 24.5 Å². The predicted molar refractivity (Wildman–Crippen MR) is 33.3 cm³/mol. The fourth-order valence-electron chi connectivity index (χ4n) is 0.340. The number of methoxy groups -OCH3 is 1. The van der Waals surface area contributed by atoms with Crippen LogP contribution in [-0.2, 0) is 4.74 Å². The smallest absolute Gasteiger partial charge is 0.119 e. The van der Waals surface area contributed by atoms with Crippen molar-refractivity contribution in [2.24, 2.45) is 0 Å². The van der Waals surface area contributed by atoms with E-state index in [1.165, 1.54) is 0 Å². The number of hydrogen-bond acceptors (Lipinski definition) is 3. The van der Waals surface area contributed by atoms with Crippen molar-refractivity contribution in [3.63, 3.8) is 0 Å². The molecule has 0 radical (unpaired) electrons. The number of rotatable bonds is 3. The monoisotopic (exact) mass is 118 g/mol. The lowest BCUT2D eigenvalue weighted by Crippen LogP contribution is -2.39. The summed E-state index contributed by atoms with van der Waals surface area (Å²) < 4.78 is 4.97. The van der Waals surface area contributed by atoms with Crippen molar-refractivity contribution in [1.29, 1.82) is 0 Å². The van der Waals surface area contributed by atoms with Gasteiger partial charge in [0.25, 0.3) is 0 Å². The molecule has 0 saturated carbocycles. The van der Waals surface area contributed by atoms with Gasteiger partial charge in [0.15, 0.2) is 0 Å². The Hall–Kier alpha value is -0.120. The second-order valence-corrected chi connectivity index (χ2v) is 1.67. The number of hydrogen-bond donors (Lipinski definition) is 1. The van der Waals surface area contributed by atoms with E-state index in [4.69, 9.17) is 4.74 Å². The Balaban J connectivity index is 3.29. The van der Waals surface area contributed by atoms with Crippen LogP contribution in [0, 0.1) is 0 Å². The van der Waals surface area contributed by atoms with Crippen LogP contribution in [-0.4, -0.2) is 32.4 Å². The highest BCUT2D eigenvalue weighted by molar-refractivity contribution is 4.39. The maximum absolute atomic E-state index is 4.97. The van der Waals surface area contributed by atoms with Crippen molar-refractivity contribution in [3.8, 4) is 0 Å². The van der Waals surface area contributed by atoms with Crippen LogP contribution in [0.25, 0.3) is 0 Å². The van der Waals surface area contributed by atoms with Crippen LogP contribution in [0.5, 0.6) is 0 Å². The first-order valence-corrected chi connectivity index (χ1v) is 2.65. The molecular weight excluding hydrogens is 104 g/mol. The summed E-state index contributed by atoms with van der Waals surface area (Å²) in [5, 5.41) is 1.88. The van der Waals surface area contributed by atoms with Gasteiger partial charge in [-0.05, 0) is 14.0 Å². The van der Waals surface area contributed by atoms with E-state index in [-0.39, 0.29) is 6.23 Å². The summed E-state index contributed by atoms with van der Waals surface area (Å²) in [4.78, 5) is 0. The molecule has 0 heterocycles. The van der Waals surface area contributed by atoms with Gasteiger partial charge in [0, 0.05) is 14.2 Å². The molecule has 0 fully saturated rings. The van der Waals surface area contributed by atoms with E-state index in [9.17, 15) is 0 Å². The maximum atomic E-state index is 4.97. The third-order valence-corrected chi connectivity index (χ3v) is 1.24. The van der Waals surface area contributed by atoms with Crippen LogP contribution in [0.4, 0.5) is 0 Å². The molecule has 3 heteroatoms. The Morgan fingerprint density at radius 1 is 1.62 bits per heavy atom. The van der Waals surface area contributed by atoms with Gasteiger partial charge in [-0.3, -0.25) is 5.43 Å². The van der Waals surface area contributed by atoms with Crippen LogP contribution < -0.4 is 5.43 Å². The minimum absolute atomic E-state index is 0.139. The lowest BCUT2D eigenvalue weighted by atomic mass is 10.6. The average molecular weight is 118 g/mol. The van der Waals surface area contributed by atoms with Gasteiger partial charge < -0.3 is 4.74 Å². The van der Waals surface area contributed by atoms with Crippen LogP contribution in [0.3, 0.4) is 0 Å². The summed E-state index contributed by atoms with van der Waals surface area (Å²) in [7, 11) is 5.46. The zero-order valence-corrected chi connectivity index (χ0v) is 5.93. The highest BCUT2D eigenvalue weighted by Gasteiger charge is 2.01. The maximum Gasteiger partial charge on any atom is 0.119 e. The average Bonchev–Trinajstić information content (AvgIpc) is 1.84. The minimum atomic E-state index is 0.139. The SMILES string of the molecule is CNN(C)C(C)OC. The highest BCUT2D eigenvalue weighted by Crippen LogP contribution is 1.87. The van der Waals surface area contributed by atoms with Gasteiger partial charge >= 0.3 is 0 Å². The molecule has 0 amide bonds. The standard InChI is InChI=1S/C5H14N2O/c1-5(8-4)7(3)6-2/h5-6H,1-4H3. The number of hydrazine groups is 1. The molecule has 1 unspecified atom stereocenters. The fraction of sp³-hybridized carbons (Fsp3) is 1.00. The molecule has 0 aliphatic heterocycles. The van der Waals surface area contributed by atoms with E-state index < -0.39 is 0 Å². The number of ether oxygens (including phenoxy) is 1. The summed E-state index contributed by atoms with van der Waals surface area (Å²) >= 11 is 0. The van der Waals surface area contributed by atoms with Crippen molar-refractivity contribution in [1.82, 2.24) is 10.4 Å². The van der Waals surface area contributed by atoms with Crippen LogP contribution in [0.15, 0.2) is 0 Å². The van der Waals surface area contributed by atoms with E-state index >= 15 is 0 Å². The first-order chi connectivity index (χ1) is 3.72. The van der Waals surface area contributed by atoms with Crippen molar-refractivity contribution < 1.29 is 4.74 Å².